The van der Waals surface area contributed by atoms with Gasteiger partial charge in [0.05, 0.1) is 12.0 Å². The lowest BCUT2D eigenvalue weighted by molar-refractivity contribution is -0.200. The topological polar surface area (TPSA) is 78.4 Å². The molecule has 126 valence electrons. The number of hydrogen-bond acceptors (Lipinski definition) is 7. The summed E-state index contributed by atoms with van der Waals surface area (Å²) < 4.78 is 44.7. The molecule has 24 heavy (non-hydrogen) atoms. The normalized spacial score (nSPS) is 11.5. The summed E-state index contributed by atoms with van der Waals surface area (Å²) >= 11 is 1.23. The first-order valence-corrected chi connectivity index (χ1v) is 7.08. The molecule has 0 saturated carbocycles. The fourth-order valence-corrected chi connectivity index (χ4v) is 2.36. The molecular weight excluding hydrogens is 349 g/mol. The zero-order valence-electron chi connectivity index (χ0n) is 12.0. The van der Waals surface area contributed by atoms with Crippen molar-refractivity contribution in [1.82, 2.24) is 9.97 Å². The van der Waals surface area contributed by atoms with Crippen LogP contribution >= 0.6 is 11.3 Å². The molecule has 2 heterocycles. The molecule has 0 fully saturated rings. The summed E-state index contributed by atoms with van der Waals surface area (Å²) in [6.45, 7) is 0. The van der Waals surface area contributed by atoms with Crippen molar-refractivity contribution < 1.29 is 32.2 Å². The van der Waals surface area contributed by atoms with Crippen LogP contribution < -0.4 is 4.74 Å². The van der Waals surface area contributed by atoms with Gasteiger partial charge in [-0.15, -0.1) is 0 Å². The van der Waals surface area contributed by atoms with E-state index < -0.39 is 18.1 Å². The second kappa shape index (κ2) is 7.21. The Morgan fingerprint density at radius 3 is 2.67 bits per heavy atom. The van der Waals surface area contributed by atoms with E-state index in [1.165, 1.54) is 36.9 Å². The molecule has 2 aromatic heterocycles. The van der Waals surface area contributed by atoms with Gasteiger partial charge >= 0.3 is 18.1 Å². The van der Waals surface area contributed by atoms with Crippen LogP contribution in [0, 0.1) is 0 Å². The van der Waals surface area contributed by atoms with Crippen molar-refractivity contribution in [1.29, 1.82) is 0 Å². The van der Waals surface area contributed by atoms with E-state index in [1.807, 2.05) is 0 Å². The van der Waals surface area contributed by atoms with Crippen molar-refractivity contribution in [3.05, 3.63) is 36.3 Å². The standard InChI is InChI=1S/C14H9F3N2O4S/c1-22-13-19-7-10(24-13)9-4-5-18-6-8(9)2-3-11(20)23-12(21)14(15,16)17/h2-7H,1H3/b3-2+. The minimum atomic E-state index is -5.23. The molecule has 0 aliphatic carbocycles. The van der Waals surface area contributed by atoms with Crippen molar-refractivity contribution in [2.24, 2.45) is 0 Å². The molecule has 0 saturated heterocycles. The molecule has 0 radical (unpaired) electrons. The number of thiazole rings is 1. The molecule has 6 nitrogen and oxygen atoms in total. The SMILES string of the molecule is COc1ncc(-c2ccncc2/C=C/C(=O)OC(=O)C(F)(F)F)s1. The molecule has 0 aliphatic rings. The number of esters is 2. The maximum absolute atomic E-state index is 12.0. The third kappa shape index (κ3) is 4.38. The van der Waals surface area contributed by atoms with Crippen LogP contribution in [-0.4, -0.2) is 35.2 Å². The minimum Gasteiger partial charge on any atom is -0.473 e. The quantitative estimate of drug-likeness (QED) is 0.475. The summed E-state index contributed by atoms with van der Waals surface area (Å²) in [6, 6.07) is 1.64. The van der Waals surface area contributed by atoms with Gasteiger partial charge in [0.2, 0.25) is 0 Å². The lowest BCUT2D eigenvalue weighted by Crippen LogP contribution is -2.27. The number of methoxy groups -OCH3 is 1. The molecule has 0 aliphatic heterocycles. The van der Waals surface area contributed by atoms with E-state index >= 15 is 0 Å². The van der Waals surface area contributed by atoms with Crippen LogP contribution in [0.5, 0.6) is 5.19 Å². The number of hydrogen-bond donors (Lipinski definition) is 0. The highest BCUT2D eigenvalue weighted by Gasteiger charge is 2.42. The van der Waals surface area contributed by atoms with Crippen LogP contribution in [0.15, 0.2) is 30.7 Å². The monoisotopic (exact) mass is 358 g/mol. The second-order valence-electron chi connectivity index (χ2n) is 4.20. The number of carbonyl (C=O) groups excluding carboxylic acids is 2. The zero-order chi connectivity index (χ0) is 17.7. The molecule has 2 aromatic rings. The third-order valence-corrected chi connectivity index (χ3v) is 3.59. The van der Waals surface area contributed by atoms with Crippen LogP contribution in [0.4, 0.5) is 13.2 Å². The predicted molar refractivity (Wildman–Crippen MR) is 78.1 cm³/mol. The maximum atomic E-state index is 12.0. The molecule has 0 atom stereocenters. The molecule has 0 spiro atoms. The van der Waals surface area contributed by atoms with Crippen molar-refractivity contribution in [3.8, 4) is 15.6 Å². The van der Waals surface area contributed by atoms with Crippen LogP contribution in [0.2, 0.25) is 0 Å². The first kappa shape index (κ1) is 17.6. The van der Waals surface area contributed by atoms with Crippen molar-refractivity contribution in [2.75, 3.05) is 7.11 Å². The van der Waals surface area contributed by atoms with E-state index in [9.17, 15) is 22.8 Å². The largest absolute Gasteiger partial charge is 0.491 e. The van der Waals surface area contributed by atoms with Gasteiger partial charge in [-0.3, -0.25) is 4.98 Å². The van der Waals surface area contributed by atoms with Crippen molar-refractivity contribution in [3.63, 3.8) is 0 Å². The van der Waals surface area contributed by atoms with Gasteiger partial charge in [0.1, 0.15) is 0 Å². The van der Waals surface area contributed by atoms with E-state index in [0.717, 1.165) is 0 Å². The smallest absolute Gasteiger partial charge is 0.473 e. The van der Waals surface area contributed by atoms with E-state index in [1.54, 1.807) is 12.3 Å². The first-order valence-electron chi connectivity index (χ1n) is 6.26. The number of rotatable bonds is 4. The minimum absolute atomic E-state index is 0.423. The van der Waals surface area contributed by atoms with Gasteiger partial charge in [0.15, 0.2) is 0 Å². The Hall–Kier alpha value is -2.75. The highest BCUT2D eigenvalue weighted by atomic mass is 32.1. The van der Waals surface area contributed by atoms with Crippen LogP contribution in [0.3, 0.4) is 0 Å². The van der Waals surface area contributed by atoms with Crippen LogP contribution in [0.1, 0.15) is 5.56 Å². The molecule has 10 heteroatoms. The fourth-order valence-electron chi connectivity index (χ4n) is 1.58. The number of alkyl halides is 3. The fraction of sp³-hybridized carbons (Fsp3) is 0.143. The Kier molecular flexibility index (Phi) is 5.29. The number of pyridine rings is 1. The summed E-state index contributed by atoms with van der Waals surface area (Å²) in [4.78, 5) is 30.5. The summed E-state index contributed by atoms with van der Waals surface area (Å²) in [5.74, 6) is -4.01. The third-order valence-electron chi connectivity index (χ3n) is 2.60. The Labute approximate surface area is 137 Å². The summed E-state index contributed by atoms with van der Waals surface area (Å²) in [5.41, 5.74) is 1.07. The highest BCUT2D eigenvalue weighted by Crippen LogP contribution is 2.32. The number of ether oxygens (including phenoxy) is 2. The summed E-state index contributed by atoms with van der Waals surface area (Å²) in [7, 11) is 1.46. The predicted octanol–water partition coefficient (Wildman–Crippen LogP) is 2.86. The Bertz CT molecular complexity index is 786. The maximum Gasteiger partial charge on any atom is 0.491 e. The Morgan fingerprint density at radius 1 is 1.29 bits per heavy atom. The number of halogens is 3. The van der Waals surface area contributed by atoms with Crippen molar-refractivity contribution >= 4 is 29.4 Å². The molecule has 0 bridgehead atoms. The van der Waals surface area contributed by atoms with Gasteiger partial charge in [-0.1, -0.05) is 11.3 Å². The highest BCUT2D eigenvalue weighted by molar-refractivity contribution is 7.16. The lowest BCUT2D eigenvalue weighted by atomic mass is 10.1. The Morgan fingerprint density at radius 2 is 2.04 bits per heavy atom. The van der Waals surface area contributed by atoms with E-state index in [2.05, 4.69) is 14.7 Å². The average molecular weight is 358 g/mol. The lowest BCUT2D eigenvalue weighted by Gasteiger charge is -2.04. The average Bonchev–Trinajstić information content (AvgIpc) is 3.01. The first-order chi connectivity index (χ1) is 11.3. The van der Waals surface area contributed by atoms with Gasteiger partial charge in [-0.25, -0.2) is 14.6 Å². The van der Waals surface area contributed by atoms with E-state index in [4.69, 9.17) is 4.74 Å². The molecule has 0 N–H and O–H groups in total. The Balaban J connectivity index is 2.18. The van der Waals surface area contributed by atoms with E-state index in [-0.39, 0.29) is 0 Å². The molecule has 2 rings (SSSR count). The molecule has 0 aromatic carbocycles. The molecular formula is C14H9F3N2O4S. The molecule has 0 amide bonds. The van der Waals surface area contributed by atoms with Gasteiger partial charge < -0.3 is 9.47 Å². The number of aromatic nitrogens is 2. The van der Waals surface area contributed by atoms with E-state index in [0.29, 0.717) is 27.3 Å². The van der Waals surface area contributed by atoms with Gasteiger partial charge in [-0.05, 0) is 12.1 Å². The van der Waals surface area contributed by atoms with Gasteiger partial charge in [0, 0.05) is 35.8 Å². The molecule has 0 unspecified atom stereocenters. The zero-order valence-corrected chi connectivity index (χ0v) is 12.9. The van der Waals surface area contributed by atoms with Crippen LogP contribution in [-0.2, 0) is 14.3 Å². The second-order valence-corrected chi connectivity index (χ2v) is 5.19. The summed E-state index contributed by atoms with van der Waals surface area (Å²) in [6.07, 6.45) is 1.12. The summed E-state index contributed by atoms with van der Waals surface area (Å²) in [5, 5.41) is 0.423. The van der Waals surface area contributed by atoms with Crippen LogP contribution in [0.25, 0.3) is 16.5 Å². The van der Waals surface area contributed by atoms with Crippen molar-refractivity contribution in [2.45, 2.75) is 6.18 Å². The van der Waals surface area contributed by atoms with Gasteiger partial charge in [-0.2, -0.15) is 13.2 Å². The van der Waals surface area contributed by atoms with Gasteiger partial charge in [0.25, 0.3) is 5.19 Å². The number of carbonyl (C=O) groups is 2. The number of nitrogens with zero attached hydrogens (tertiary/aromatic N) is 2.